The van der Waals surface area contributed by atoms with Crippen molar-refractivity contribution in [3.05, 3.63) is 76.1 Å². The monoisotopic (exact) mass is 381 g/mol. The number of benzene rings is 2. The number of halogens is 1. The molecule has 0 unspecified atom stereocenters. The summed E-state index contributed by atoms with van der Waals surface area (Å²) in [5, 5.41) is 9.01. The van der Waals surface area contributed by atoms with Gasteiger partial charge in [0.25, 0.3) is 5.91 Å². The van der Waals surface area contributed by atoms with E-state index in [1.165, 1.54) is 29.2 Å². The minimum Gasteiger partial charge on any atom is -0.365 e. The van der Waals surface area contributed by atoms with Crippen molar-refractivity contribution in [1.29, 1.82) is 5.26 Å². The van der Waals surface area contributed by atoms with Crippen LogP contribution >= 0.6 is 11.8 Å². The average Bonchev–Trinajstić information content (AvgIpc) is 2.92. The third-order valence-electron chi connectivity index (χ3n) is 4.11. The molecule has 1 aliphatic rings. The Morgan fingerprint density at radius 3 is 2.59 bits per heavy atom. The molecular weight excluding hydrogens is 365 g/mol. The second-order valence-electron chi connectivity index (χ2n) is 6.11. The molecule has 3 rings (SSSR count). The zero-order valence-electron chi connectivity index (χ0n) is 14.5. The number of aryl methyl sites for hydroxylation is 1. The lowest BCUT2D eigenvalue weighted by molar-refractivity contribution is -0.117. The highest BCUT2D eigenvalue weighted by Gasteiger charge is 2.40. The molecule has 1 saturated heterocycles. The van der Waals surface area contributed by atoms with Crippen LogP contribution in [0.2, 0.25) is 0 Å². The fraction of sp³-hybridized carbons (Fsp3) is 0.150. The van der Waals surface area contributed by atoms with Crippen LogP contribution in [-0.4, -0.2) is 17.1 Å². The van der Waals surface area contributed by atoms with Crippen LogP contribution in [0, 0.1) is 24.1 Å². The van der Waals surface area contributed by atoms with Gasteiger partial charge in [-0.15, -0.1) is 0 Å². The first-order valence-corrected chi connectivity index (χ1v) is 9.04. The van der Waals surface area contributed by atoms with E-state index in [0.717, 1.165) is 22.9 Å². The summed E-state index contributed by atoms with van der Waals surface area (Å²) in [6, 6.07) is 14.9. The first kappa shape index (κ1) is 18.7. The molecule has 0 aromatic heterocycles. The molecule has 0 saturated carbocycles. The average molecular weight is 381 g/mol. The molecule has 1 heterocycles. The second kappa shape index (κ2) is 7.64. The lowest BCUT2D eigenvalue weighted by Gasteiger charge is -2.18. The molecule has 1 aliphatic heterocycles. The van der Waals surface area contributed by atoms with Gasteiger partial charge in [-0.3, -0.25) is 14.5 Å². The number of carbonyl (C=O) groups is 2. The van der Waals surface area contributed by atoms with Crippen molar-refractivity contribution in [2.75, 3.05) is 4.90 Å². The van der Waals surface area contributed by atoms with Crippen molar-refractivity contribution < 1.29 is 14.0 Å². The van der Waals surface area contributed by atoms with Crippen LogP contribution in [0.3, 0.4) is 0 Å². The van der Waals surface area contributed by atoms with E-state index in [4.69, 9.17) is 5.73 Å². The summed E-state index contributed by atoms with van der Waals surface area (Å²) in [5.41, 5.74) is 7.46. The molecule has 0 aliphatic carbocycles. The first-order chi connectivity index (χ1) is 12.9. The lowest BCUT2D eigenvalue weighted by atomic mass is 10.1. The number of primary amides is 1. The molecule has 2 aromatic carbocycles. The van der Waals surface area contributed by atoms with Gasteiger partial charge in [-0.25, -0.2) is 4.39 Å². The standard InChI is InChI=1S/C20H16FN3O2S/c1-12-3-2-4-13(9-12)10-17-19(26)24(15-7-5-14(21)6-8-15)20(27-17)16(11-22)18(23)25/h2-9,17H,10H2,1H3,(H2,23,25)/b20-16+/t17-/m0/s1. The SMILES string of the molecule is Cc1cccc(C[C@@H]2S/C(=C(\C#N)C(N)=O)N(c3ccc(F)cc3)C2=O)c1. The number of nitrogens with zero attached hydrogens (tertiary/aromatic N) is 2. The van der Waals surface area contributed by atoms with Gasteiger partial charge in [-0.1, -0.05) is 41.6 Å². The Morgan fingerprint density at radius 2 is 2.00 bits per heavy atom. The van der Waals surface area contributed by atoms with Gasteiger partial charge in [0.15, 0.2) is 0 Å². The predicted molar refractivity (Wildman–Crippen MR) is 102 cm³/mol. The maximum absolute atomic E-state index is 13.3. The summed E-state index contributed by atoms with van der Waals surface area (Å²) in [7, 11) is 0. The zero-order valence-corrected chi connectivity index (χ0v) is 15.3. The molecule has 0 radical (unpaired) electrons. The van der Waals surface area contributed by atoms with Crippen molar-refractivity contribution in [3.63, 3.8) is 0 Å². The smallest absolute Gasteiger partial charge is 0.262 e. The quantitative estimate of drug-likeness (QED) is 0.651. The number of thioether (sulfide) groups is 1. The highest BCUT2D eigenvalue weighted by Crippen LogP contribution is 2.41. The minimum absolute atomic E-state index is 0.180. The van der Waals surface area contributed by atoms with Gasteiger partial charge in [-0.2, -0.15) is 5.26 Å². The summed E-state index contributed by atoms with van der Waals surface area (Å²) in [6.45, 7) is 1.96. The van der Waals surface area contributed by atoms with E-state index in [1.807, 2.05) is 31.2 Å². The van der Waals surface area contributed by atoms with Crippen LogP contribution in [0.15, 0.2) is 59.1 Å². The van der Waals surface area contributed by atoms with Crippen molar-refractivity contribution in [1.82, 2.24) is 0 Å². The Balaban J connectivity index is 2.03. The van der Waals surface area contributed by atoms with Gasteiger partial charge >= 0.3 is 0 Å². The molecule has 27 heavy (non-hydrogen) atoms. The van der Waals surface area contributed by atoms with Gasteiger partial charge in [-0.05, 0) is 43.2 Å². The number of hydrogen-bond acceptors (Lipinski definition) is 4. The van der Waals surface area contributed by atoms with Gasteiger partial charge in [0.05, 0.1) is 5.25 Å². The second-order valence-corrected chi connectivity index (χ2v) is 7.30. The van der Waals surface area contributed by atoms with Gasteiger partial charge < -0.3 is 5.73 Å². The van der Waals surface area contributed by atoms with Gasteiger partial charge in [0.2, 0.25) is 5.91 Å². The molecule has 0 bridgehead atoms. The molecule has 7 heteroatoms. The molecular formula is C20H16FN3O2S. The molecule has 136 valence electrons. The predicted octanol–water partition coefficient (Wildman–Crippen LogP) is 3.05. The Hall–Kier alpha value is -3.11. The van der Waals surface area contributed by atoms with E-state index in [9.17, 15) is 19.2 Å². The molecule has 2 N–H and O–H groups in total. The summed E-state index contributed by atoms with van der Waals surface area (Å²) >= 11 is 1.13. The molecule has 0 spiro atoms. The molecule has 1 atom stereocenters. The fourth-order valence-corrected chi connectivity index (χ4v) is 4.19. The summed E-state index contributed by atoms with van der Waals surface area (Å²) < 4.78 is 13.3. The van der Waals surface area contributed by atoms with Crippen molar-refractivity contribution >= 4 is 29.3 Å². The number of rotatable bonds is 4. The third-order valence-corrected chi connectivity index (χ3v) is 5.38. The van der Waals surface area contributed by atoms with Crippen molar-refractivity contribution in [2.24, 2.45) is 5.73 Å². The van der Waals surface area contributed by atoms with Crippen LogP contribution in [0.1, 0.15) is 11.1 Å². The Labute approximate surface area is 160 Å². The van der Waals surface area contributed by atoms with Crippen LogP contribution in [0.4, 0.5) is 10.1 Å². The number of nitriles is 1. The maximum atomic E-state index is 13.3. The van der Waals surface area contributed by atoms with Crippen molar-refractivity contribution in [2.45, 2.75) is 18.6 Å². The van der Waals surface area contributed by atoms with Gasteiger partial charge in [0, 0.05) is 5.69 Å². The summed E-state index contributed by atoms with van der Waals surface area (Å²) in [5.74, 6) is -1.64. The largest absolute Gasteiger partial charge is 0.365 e. The van der Waals surface area contributed by atoms with E-state index in [-0.39, 0.29) is 16.5 Å². The number of anilines is 1. The van der Waals surface area contributed by atoms with Crippen LogP contribution in [0.5, 0.6) is 0 Å². The highest BCUT2D eigenvalue weighted by atomic mass is 32.2. The lowest BCUT2D eigenvalue weighted by Crippen LogP contribution is -2.31. The Morgan fingerprint density at radius 1 is 1.30 bits per heavy atom. The van der Waals surface area contributed by atoms with E-state index in [2.05, 4.69) is 0 Å². The maximum Gasteiger partial charge on any atom is 0.262 e. The highest BCUT2D eigenvalue weighted by molar-refractivity contribution is 8.05. The number of nitrogens with two attached hydrogens (primary N) is 1. The van der Waals surface area contributed by atoms with E-state index >= 15 is 0 Å². The zero-order chi connectivity index (χ0) is 19.6. The summed E-state index contributed by atoms with van der Waals surface area (Å²) in [6.07, 6.45) is 0.434. The molecule has 2 aromatic rings. The summed E-state index contributed by atoms with van der Waals surface area (Å²) in [4.78, 5) is 26.0. The van der Waals surface area contributed by atoms with E-state index in [0.29, 0.717) is 12.1 Å². The normalized spacial score (nSPS) is 18.3. The van der Waals surface area contributed by atoms with Crippen LogP contribution in [-0.2, 0) is 16.0 Å². The van der Waals surface area contributed by atoms with E-state index < -0.39 is 17.0 Å². The van der Waals surface area contributed by atoms with Gasteiger partial charge in [0.1, 0.15) is 22.5 Å². The minimum atomic E-state index is -0.906. The number of amides is 2. The van der Waals surface area contributed by atoms with E-state index in [1.54, 1.807) is 6.07 Å². The fourth-order valence-electron chi connectivity index (χ4n) is 2.88. The molecule has 5 nitrogen and oxygen atoms in total. The third kappa shape index (κ3) is 3.86. The number of hydrogen-bond donors (Lipinski definition) is 1. The Kier molecular flexibility index (Phi) is 5.28. The topological polar surface area (TPSA) is 87.2 Å². The number of carbonyl (C=O) groups excluding carboxylic acids is 2. The van der Waals surface area contributed by atoms with Crippen LogP contribution in [0.25, 0.3) is 0 Å². The van der Waals surface area contributed by atoms with Crippen LogP contribution < -0.4 is 10.6 Å². The molecule has 1 fully saturated rings. The van der Waals surface area contributed by atoms with Crippen molar-refractivity contribution in [3.8, 4) is 6.07 Å². The molecule has 2 amide bonds. The first-order valence-electron chi connectivity index (χ1n) is 8.16. The Bertz CT molecular complexity index is 979.